The predicted octanol–water partition coefficient (Wildman–Crippen LogP) is 3.35. The van der Waals surface area contributed by atoms with Gasteiger partial charge in [-0.25, -0.2) is 0 Å². The minimum Gasteiger partial charge on any atom is -0.395 e. The van der Waals surface area contributed by atoms with Gasteiger partial charge in [0.05, 0.1) is 0 Å². The Morgan fingerprint density at radius 3 is 1.63 bits per heavy atom. The van der Waals surface area contributed by atoms with E-state index in [4.69, 9.17) is 40.2 Å². The average Bonchev–Trinajstić information content (AvgIpc) is 2.66. The standard InChI is InChI=1S/C17H45NO8Si4/c1-10-20-27(7,17-15-16-18)24-30(14-5,23-13-4)26-29(9,22-12-3)25-28(8,19-6)21-11-2/h10-18H2,1-9H3. The van der Waals surface area contributed by atoms with Gasteiger partial charge < -0.3 is 40.2 Å². The Kier molecular flexibility index (Phi) is 14.9. The van der Waals surface area contributed by atoms with Crippen LogP contribution in [0.25, 0.3) is 0 Å². The molecule has 0 saturated heterocycles. The Hall–Kier alpha value is 0.508. The van der Waals surface area contributed by atoms with E-state index >= 15 is 0 Å². The molecule has 0 radical (unpaired) electrons. The first-order chi connectivity index (χ1) is 14.0. The quantitative estimate of drug-likeness (QED) is 0.266. The van der Waals surface area contributed by atoms with Gasteiger partial charge in [-0.15, -0.1) is 0 Å². The summed E-state index contributed by atoms with van der Waals surface area (Å²) in [7, 11) is -10.3. The van der Waals surface area contributed by atoms with Crippen LogP contribution < -0.4 is 5.73 Å². The average molecular weight is 504 g/mol. The molecule has 0 aromatic rings. The van der Waals surface area contributed by atoms with Crippen LogP contribution >= 0.6 is 0 Å². The second kappa shape index (κ2) is 14.6. The fraction of sp³-hybridized carbons (Fsp3) is 1.00. The van der Waals surface area contributed by atoms with E-state index < -0.39 is 35.0 Å². The topological polar surface area (TPSA) is 99.9 Å². The zero-order valence-electron chi connectivity index (χ0n) is 20.5. The monoisotopic (exact) mass is 503 g/mol. The van der Waals surface area contributed by atoms with Gasteiger partial charge in [-0.1, -0.05) is 6.92 Å². The van der Waals surface area contributed by atoms with Gasteiger partial charge >= 0.3 is 35.0 Å². The van der Waals surface area contributed by atoms with Gasteiger partial charge in [0.15, 0.2) is 0 Å². The number of rotatable bonds is 19. The summed E-state index contributed by atoms with van der Waals surface area (Å²) in [5.41, 5.74) is 5.74. The Morgan fingerprint density at radius 2 is 1.20 bits per heavy atom. The fourth-order valence-corrected chi connectivity index (χ4v) is 18.5. The summed E-state index contributed by atoms with van der Waals surface area (Å²) in [6, 6.07) is 1.33. The van der Waals surface area contributed by atoms with Crippen LogP contribution in [0.3, 0.4) is 0 Å². The van der Waals surface area contributed by atoms with Crippen LogP contribution in [0.1, 0.15) is 41.0 Å². The molecule has 30 heavy (non-hydrogen) atoms. The fourth-order valence-electron chi connectivity index (χ4n) is 3.11. The second-order valence-corrected chi connectivity index (χ2v) is 19.3. The molecule has 0 aliphatic heterocycles. The van der Waals surface area contributed by atoms with Crippen LogP contribution in [-0.4, -0.2) is 75.1 Å². The first-order valence-electron chi connectivity index (χ1n) is 11.0. The Bertz CT molecular complexity index is 471. The Balaban J connectivity index is 5.92. The van der Waals surface area contributed by atoms with E-state index in [0.717, 1.165) is 12.5 Å². The lowest BCUT2D eigenvalue weighted by molar-refractivity contribution is 0.0621. The highest BCUT2D eigenvalue weighted by atomic mass is 28.5. The maximum Gasteiger partial charge on any atom is 0.490 e. The lowest BCUT2D eigenvalue weighted by Crippen LogP contribution is -2.64. The third-order valence-corrected chi connectivity index (χ3v) is 19.1. The summed E-state index contributed by atoms with van der Waals surface area (Å²) in [6.45, 7) is 17.9. The van der Waals surface area contributed by atoms with Crippen LogP contribution in [0.5, 0.6) is 0 Å². The smallest absolute Gasteiger partial charge is 0.395 e. The van der Waals surface area contributed by atoms with Gasteiger partial charge in [0.25, 0.3) is 0 Å². The normalized spacial score (nSPS) is 20.2. The Morgan fingerprint density at radius 1 is 0.667 bits per heavy atom. The molecule has 0 rings (SSSR count). The Labute approximate surface area is 188 Å². The summed E-state index contributed by atoms with van der Waals surface area (Å²) in [5.74, 6) is 0. The summed E-state index contributed by atoms with van der Waals surface area (Å²) in [6.07, 6.45) is 0.818. The van der Waals surface area contributed by atoms with Crippen LogP contribution in [0.2, 0.25) is 31.7 Å². The molecule has 0 bridgehead atoms. The van der Waals surface area contributed by atoms with E-state index in [1.807, 2.05) is 54.3 Å². The molecule has 4 unspecified atom stereocenters. The second-order valence-electron chi connectivity index (χ2n) is 7.03. The van der Waals surface area contributed by atoms with Crippen LogP contribution in [0, 0.1) is 0 Å². The van der Waals surface area contributed by atoms with E-state index in [2.05, 4.69) is 0 Å². The third kappa shape index (κ3) is 10.4. The van der Waals surface area contributed by atoms with E-state index in [1.54, 1.807) is 7.11 Å². The minimum absolute atomic E-state index is 0.427. The van der Waals surface area contributed by atoms with Crippen molar-refractivity contribution in [2.24, 2.45) is 5.73 Å². The van der Waals surface area contributed by atoms with Crippen molar-refractivity contribution in [2.45, 2.75) is 72.8 Å². The molecule has 0 aliphatic rings. The van der Waals surface area contributed by atoms with Crippen molar-refractivity contribution >= 4 is 35.0 Å². The molecular weight excluding hydrogens is 459 g/mol. The highest BCUT2D eigenvalue weighted by Crippen LogP contribution is 2.30. The van der Waals surface area contributed by atoms with Crippen LogP contribution in [0.15, 0.2) is 0 Å². The summed E-state index contributed by atoms with van der Waals surface area (Å²) in [5, 5.41) is 0. The van der Waals surface area contributed by atoms with Crippen molar-refractivity contribution in [3.05, 3.63) is 0 Å². The molecule has 0 aliphatic carbocycles. The van der Waals surface area contributed by atoms with E-state index in [1.165, 1.54) is 0 Å². The molecule has 9 nitrogen and oxygen atoms in total. The van der Waals surface area contributed by atoms with Gasteiger partial charge in [0, 0.05) is 52.7 Å². The number of nitrogens with two attached hydrogens (primary N) is 1. The van der Waals surface area contributed by atoms with Crippen LogP contribution in [-0.2, 0) is 34.5 Å². The van der Waals surface area contributed by atoms with E-state index in [-0.39, 0.29) is 0 Å². The molecule has 182 valence electrons. The highest BCUT2D eigenvalue weighted by molar-refractivity contribution is 6.84. The van der Waals surface area contributed by atoms with Crippen molar-refractivity contribution in [1.82, 2.24) is 0 Å². The minimum atomic E-state index is -3.23. The van der Waals surface area contributed by atoms with E-state index in [0.29, 0.717) is 39.0 Å². The molecule has 0 heterocycles. The molecular formula is C17H45NO8Si4. The zero-order valence-corrected chi connectivity index (χ0v) is 24.5. The maximum atomic E-state index is 6.67. The van der Waals surface area contributed by atoms with Gasteiger partial charge in [0.2, 0.25) is 0 Å². The highest BCUT2D eigenvalue weighted by Gasteiger charge is 2.57. The summed E-state index contributed by atoms with van der Waals surface area (Å²) in [4.78, 5) is 0. The predicted molar refractivity (Wildman–Crippen MR) is 126 cm³/mol. The lowest BCUT2D eigenvalue weighted by Gasteiger charge is -2.42. The molecule has 0 aromatic heterocycles. The molecule has 0 amide bonds. The molecule has 4 atom stereocenters. The van der Waals surface area contributed by atoms with Gasteiger partial charge in [-0.05, 0) is 53.3 Å². The maximum absolute atomic E-state index is 6.67. The summed E-state index contributed by atoms with van der Waals surface area (Å²) < 4.78 is 49.3. The van der Waals surface area contributed by atoms with Crippen molar-refractivity contribution in [3.63, 3.8) is 0 Å². The number of hydrogen-bond acceptors (Lipinski definition) is 9. The molecule has 0 saturated carbocycles. The molecule has 2 N–H and O–H groups in total. The third-order valence-electron chi connectivity index (χ3n) is 4.35. The van der Waals surface area contributed by atoms with Gasteiger partial charge in [0.1, 0.15) is 0 Å². The SMILES string of the molecule is CCO[Si](C)(CCCN)O[Si](CC)(OCC)O[Si](C)(OCC)O[Si](C)(OC)OCC. The van der Waals surface area contributed by atoms with Crippen molar-refractivity contribution in [1.29, 1.82) is 0 Å². The van der Waals surface area contributed by atoms with Crippen LogP contribution in [0.4, 0.5) is 0 Å². The van der Waals surface area contributed by atoms with Gasteiger partial charge in [-0.3, -0.25) is 0 Å². The lowest BCUT2D eigenvalue weighted by atomic mass is 10.5. The van der Waals surface area contributed by atoms with Crippen molar-refractivity contribution in [3.8, 4) is 0 Å². The van der Waals surface area contributed by atoms with Crippen molar-refractivity contribution < 1.29 is 34.5 Å². The number of hydrogen-bond donors (Lipinski definition) is 1. The van der Waals surface area contributed by atoms with Crippen molar-refractivity contribution in [2.75, 3.05) is 40.1 Å². The first kappa shape index (κ1) is 30.5. The summed E-state index contributed by atoms with van der Waals surface area (Å²) >= 11 is 0. The zero-order chi connectivity index (χ0) is 23.3. The van der Waals surface area contributed by atoms with E-state index in [9.17, 15) is 0 Å². The molecule has 13 heteroatoms. The largest absolute Gasteiger partial charge is 0.490 e. The molecule has 0 aromatic carbocycles. The van der Waals surface area contributed by atoms with Gasteiger partial charge in [-0.2, -0.15) is 0 Å². The first-order valence-corrected chi connectivity index (χ1v) is 19.9. The molecule has 0 fully saturated rings. The molecule has 0 spiro atoms.